The monoisotopic (exact) mass is 186 g/mol. The Kier molecular flexibility index (Phi) is 4.36. The van der Waals surface area contributed by atoms with E-state index in [0.717, 1.165) is 17.6 Å². The summed E-state index contributed by atoms with van der Waals surface area (Å²) in [4.78, 5) is 0. The highest BCUT2D eigenvalue weighted by atomic mass is 32.1. The highest BCUT2D eigenvalue weighted by molar-refractivity contribution is 7.80. The second kappa shape index (κ2) is 5.36. The van der Waals surface area contributed by atoms with Crippen molar-refractivity contribution >= 4 is 17.3 Å². The van der Waals surface area contributed by atoms with E-state index in [0.29, 0.717) is 0 Å². The van der Waals surface area contributed by atoms with E-state index in [4.69, 9.17) is 12.2 Å². The Balaban J connectivity index is 1.97. The van der Waals surface area contributed by atoms with E-state index in [2.05, 4.69) is 10.6 Å². The number of thiocarbonyl (C=S) groups is 1. The first-order chi connectivity index (χ1) is 5.83. The third-order valence-electron chi connectivity index (χ3n) is 2.54. The highest BCUT2D eigenvalue weighted by Crippen LogP contribution is 2.26. The molecule has 1 aliphatic carbocycles. The van der Waals surface area contributed by atoms with Crippen molar-refractivity contribution in [2.45, 2.75) is 32.1 Å². The van der Waals surface area contributed by atoms with Gasteiger partial charge in [0.1, 0.15) is 0 Å². The molecule has 0 aromatic carbocycles. The lowest BCUT2D eigenvalue weighted by atomic mass is 10.0. The maximum atomic E-state index is 4.97. The second-order valence-electron chi connectivity index (χ2n) is 3.45. The molecule has 0 aromatic rings. The summed E-state index contributed by atoms with van der Waals surface area (Å²) in [6.45, 7) is 1.03. The molecular weight excluding hydrogens is 168 g/mol. The molecule has 2 N–H and O–H groups in total. The predicted octanol–water partition coefficient (Wildman–Crippen LogP) is 1.66. The van der Waals surface area contributed by atoms with Crippen LogP contribution in [0.1, 0.15) is 32.1 Å². The van der Waals surface area contributed by atoms with E-state index in [1.54, 1.807) is 0 Å². The molecule has 0 atom stereocenters. The molecule has 12 heavy (non-hydrogen) atoms. The standard InChI is InChI=1S/C9H18N2S/c1-10-9(12)11-7-6-8-4-2-3-5-8/h8H,2-7H2,1H3,(H2,10,11,12). The van der Waals surface area contributed by atoms with Gasteiger partial charge in [0.25, 0.3) is 0 Å². The second-order valence-corrected chi connectivity index (χ2v) is 3.85. The summed E-state index contributed by atoms with van der Waals surface area (Å²) in [6, 6.07) is 0. The molecule has 1 rings (SSSR count). The minimum Gasteiger partial charge on any atom is -0.366 e. The van der Waals surface area contributed by atoms with E-state index < -0.39 is 0 Å². The zero-order chi connectivity index (χ0) is 8.81. The van der Waals surface area contributed by atoms with Crippen molar-refractivity contribution in [2.75, 3.05) is 13.6 Å². The van der Waals surface area contributed by atoms with E-state index in [9.17, 15) is 0 Å². The summed E-state index contributed by atoms with van der Waals surface area (Å²) in [6.07, 6.45) is 6.99. The maximum absolute atomic E-state index is 4.97. The van der Waals surface area contributed by atoms with Gasteiger partial charge in [-0.25, -0.2) is 0 Å². The van der Waals surface area contributed by atoms with Crippen LogP contribution in [-0.4, -0.2) is 18.7 Å². The predicted molar refractivity (Wildman–Crippen MR) is 56.2 cm³/mol. The molecular formula is C9H18N2S. The molecule has 0 saturated heterocycles. The third kappa shape index (κ3) is 3.39. The van der Waals surface area contributed by atoms with Crippen LogP contribution in [0, 0.1) is 5.92 Å². The fraction of sp³-hybridized carbons (Fsp3) is 0.889. The summed E-state index contributed by atoms with van der Waals surface area (Å²) in [5, 5.41) is 6.86. The van der Waals surface area contributed by atoms with Crippen molar-refractivity contribution in [1.29, 1.82) is 0 Å². The Hall–Kier alpha value is -0.310. The van der Waals surface area contributed by atoms with Gasteiger partial charge in [0, 0.05) is 13.6 Å². The number of rotatable bonds is 3. The number of hydrogen-bond acceptors (Lipinski definition) is 1. The smallest absolute Gasteiger partial charge is 0.166 e. The molecule has 1 saturated carbocycles. The summed E-state index contributed by atoms with van der Waals surface area (Å²) < 4.78 is 0. The van der Waals surface area contributed by atoms with Gasteiger partial charge >= 0.3 is 0 Å². The van der Waals surface area contributed by atoms with E-state index in [1.807, 2.05) is 7.05 Å². The first-order valence-electron chi connectivity index (χ1n) is 4.78. The Labute approximate surface area is 80.1 Å². The molecule has 0 radical (unpaired) electrons. The molecule has 0 heterocycles. The maximum Gasteiger partial charge on any atom is 0.166 e. The summed E-state index contributed by atoms with van der Waals surface area (Å²) in [5.41, 5.74) is 0. The van der Waals surface area contributed by atoms with Crippen LogP contribution in [0.5, 0.6) is 0 Å². The first-order valence-corrected chi connectivity index (χ1v) is 5.19. The van der Waals surface area contributed by atoms with Gasteiger partial charge in [-0.15, -0.1) is 0 Å². The quantitative estimate of drug-likeness (QED) is 0.656. The lowest BCUT2D eigenvalue weighted by Crippen LogP contribution is -2.33. The van der Waals surface area contributed by atoms with Crippen molar-refractivity contribution in [2.24, 2.45) is 5.92 Å². The van der Waals surface area contributed by atoms with Gasteiger partial charge in [-0.2, -0.15) is 0 Å². The van der Waals surface area contributed by atoms with Crippen molar-refractivity contribution < 1.29 is 0 Å². The molecule has 0 bridgehead atoms. The van der Waals surface area contributed by atoms with E-state index in [1.165, 1.54) is 32.1 Å². The Morgan fingerprint density at radius 1 is 1.42 bits per heavy atom. The third-order valence-corrected chi connectivity index (χ3v) is 2.89. The minimum atomic E-state index is 0.771. The van der Waals surface area contributed by atoms with Crippen molar-refractivity contribution in [3.8, 4) is 0 Å². The van der Waals surface area contributed by atoms with Crippen LogP contribution in [-0.2, 0) is 0 Å². The first kappa shape index (κ1) is 9.78. The van der Waals surface area contributed by atoms with E-state index in [-0.39, 0.29) is 0 Å². The SMILES string of the molecule is CNC(=S)NCCC1CCCC1. The van der Waals surface area contributed by atoms with Crippen LogP contribution in [0.2, 0.25) is 0 Å². The van der Waals surface area contributed by atoms with Crippen LogP contribution in [0.15, 0.2) is 0 Å². The topological polar surface area (TPSA) is 24.1 Å². The molecule has 0 spiro atoms. The molecule has 0 unspecified atom stereocenters. The van der Waals surface area contributed by atoms with Crippen LogP contribution < -0.4 is 10.6 Å². The van der Waals surface area contributed by atoms with Gasteiger partial charge in [0.15, 0.2) is 5.11 Å². The molecule has 1 aliphatic rings. The van der Waals surface area contributed by atoms with Crippen molar-refractivity contribution in [3.63, 3.8) is 0 Å². The zero-order valence-electron chi connectivity index (χ0n) is 7.73. The molecule has 3 heteroatoms. The summed E-state index contributed by atoms with van der Waals surface area (Å²) >= 11 is 4.97. The van der Waals surface area contributed by atoms with Gasteiger partial charge < -0.3 is 10.6 Å². The van der Waals surface area contributed by atoms with Gasteiger partial charge in [-0.1, -0.05) is 25.7 Å². The van der Waals surface area contributed by atoms with Crippen LogP contribution in [0.4, 0.5) is 0 Å². The molecule has 0 amide bonds. The normalized spacial score (nSPS) is 17.8. The Morgan fingerprint density at radius 3 is 2.67 bits per heavy atom. The van der Waals surface area contributed by atoms with Gasteiger partial charge in [0.2, 0.25) is 0 Å². The Bertz CT molecular complexity index is 141. The fourth-order valence-corrected chi connectivity index (χ4v) is 1.88. The average molecular weight is 186 g/mol. The van der Waals surface area contributed by atoms with Gasteiger partial charge in [0.05, 0.1) is 0 Å². The fourth-order valence-electron chi connectivity index (χ4n) is 1.78. The van der Waals surface area contributed by atoms with Gasteiger partial charge in [-0.05, 0) is 24.6 Å². The summed E-state index contributed by atoms with van der Waals surface area (Å²) in [5.74, 6) is 0.956. The molecule has 70 valence electrons. The molecule has 2 nitrogen and oxygen atoms in total. The van der Waals surface area contributed by atoms with E-state index >= 15 is 0 Å². The lowest BCUT2D eigenvalue weighted by Gasteiger charge is -2.10. The Morgan fingerprint density at radius 2 is 2.08 bits per heavy atom. The number of hydrogen-bond donors (Lipinski definition) is 2. The average Bonchev–Trinajstić information content (AvgIpc) is 2.57. The highest BCUT2D eigenvalue weighted by Gasteiger charge is 2.13. The zero-order valence-corrected chi connectivity index (χ0v) is 8.54. The van der Waals surface area contributed by atoms with Crippen LogP contribution in [0.3, 0.4) is 0 Å². The molecule has 0 aromatic heterocycles. The van der Waals surface area contributed by atoms with Gasteiger partial charge in [-0.3, -0.25) is 0 Å². The van der Waals surface area contributed by atoms with Crippen LogP contribution >= 0.6 is 12.2 Å². The largest absolute Gasteiger partial charge is 0.366 e. The lowest BCUT2D eigenvalue weighted by molar-refractivity contribution is 0.500. The summed E-state index contributed by atoms with van der Waals surface area (Å²) in [7, 11) is 1.85. The molecule has 1 fully saturated rings. The van der Waals surface area contributed by atoms with Crippen molar-refractivity contribution in [1.82, 2.24) is 10.6 Å². The number of nitrogens with one attached hydrogen (secondary N) is 2. The van der Waals surface area contributed by atoms with Crippen molar-refractivity contribution in [3.05, 3.63) is 0 Å². The molecule has 0 aliphatic heterocycles. The van der Waals surface area contributed by atoms with Crippen LogP contribution in [0.25, 0.3) is 0 Å². The minimum absolute atomic E-state index is 0.771.